The standard InChI is InChI=1S/C24H25BrN2O4S/c1-17-9-14-22(31-3)23(15-17)32(29,30)27(21-7-5-4-6-8-21)16-24(28)26-18(2)19-10-12-20(25)13-11-19/h4-15,18H,16H2,1-3H3,(H,26,28). The summed E-state index contributed by atoms with van der Waals surface area (Å²) in [4.78, 5) is 12.9. The molecule has 32 heavy (non-hydrogen) atoms. The molecule has 1 amide bonds. The first-order valence-corrected chi connectivity index (χ1v) is 12.2. The average Bonchev–Trinajstić information content (AvgIpc) is 2.78. The topological polar surface area (TPSA) is 75.7 Å². The number of anilines is 1. The highest BCUT2D eigenvalue weighted by atomic mass is 79.9. The fourth-order valence-corrected chi connectivity index (χ4v) is 5.19. The monoisotopic (exact) mass is 516 g/mol. The van der Waals surface area contributed by atoms with Crippen molar-refractivity contribution in [3.8, 4) is 5.75 Å². The zero-order valence-electron chi connectivity index (χ0n) is 18.1. The van der Waals surface area contributed by atoms with Gasteiger partial charge in [-0.1, -0.05) is 52.3 Å². The van der Waals surface area contributed by atoms with Crippen LogP contribution in [-0.2, 0) is 14.8 Å². The molecule has 0 aliphatic carbocycles. The number of rotatable bonds is 8. The molecule has 0 saturated heterocycles. The van der Waals surface area contributed by atoms with Gasteiger partial charge in [-0.05, 0) is 61.4 Å². The Morgan fingerprint density at radius 3 is 2.34 bits per heavy atom. The molecule has 0 heterocycles. The van der Waals surface area contributed by atoms with Gasteiger partial charge < -0.3 is 10.1 Å². The first-order chi connectivity index (χ1) is 15.2. The third-order valence-corrected chi connectivity index (χ3v) is 7.29. The molecule has 1 atom stereocenters. The summed E-state index contributed by atoms with van der Waals surface area (Å²) in [5.74, 6) is -0.195. The second-order valence-electron chi connectivity index (χ2n) is 7.34. The lowest BCUT2D eigenvalue weighted by Gasteiger charge is -2.26. The Morgan fingerprint density at radius 2 is 1.72 bits per heavy atom. The van der Waals surface area contributed by atoms with Crippen molar-refractivity contribution in [2.75, 3.05) is 18.0 Å². The molecule has 0 fully saturated rings. The van der Waals surface area contributed by atoms with Crippen LogP contribution in [0.4, 0.5) is 5.69 Å². The number of para-hydroxylation sites is 1. The average molecular weight is 517 g/mol. The summed E-state index contributed by atoms with van der Waals surface area (Å²) in [7, 11) is -2.66. The summed E-state index contributed by atoms with van der Waals surface area (Å²) in [6.07, 6.45) is 0. The second kappa shape index (κ2) is 10.2. The third-order valence-electron chi connectivity index (χ3n) is 4.97. The van der Waals surface area contributed by atoms with E-state index >= 15 is 0 Å². The molecular weight excluding hydrogens is 492 g/mol. The summed E-state index contributed by atoms with van der Waals surface area (Å²) in [6.45, 7) is 3.29. The lowest BCUT2D eigenvalue weighted by atomic mass is 10.1. The molecule has 168 valence electrons. The zero-order valence-corrected chi connectivity index (χ0v) is 20.5. The molecular formula is C24H25BrN2O4S. The number of nitrogens with zero attached hydrogens (tertiary/aromatic N) is 1. The predicted molar refractivity (Wildman–Crippen MR) is 129 cm³/mol. The van der Waals surface area contributed by atoms with E-state index < -0.39 is 15.9 Å². The fraction of sp³-hybridized carbons (Fsp3) is 0.208. The highest BCUT2D eigenvalue weighted by Crippen LogP contribution is 2.30. The fourth-order valence-electron chi connectivity index (χ4n) is 3.27. The Bertz CT molecular complexity index is 1180. The number of hydrogen-bond donors (Lipinski definition) is 1. The minimum Gasteiger partial charge on any atom is -0.495 e. The molecule has 0 aromatic heterocycles. The molecule has 3 aromatic rings. The van der Waals surface area contributed by atoms with Crippen molar-refractivity contribution in [2.45, 2.75) is 24.8 Å². The van der Waals surface area contributed by atoms with Gasteiger partial charge in [-0.3, -0.25) is 9.10 Å². The smallest absolute Gasteiger partial charge is 0.268 e. The molecule has 0 radical (unpaired) electrons. The van der Waals surface area contributed by atoms with E-state index in [0.29, 0.717) is 5.69 Å². The maximum atomic E-state index is 13.7. The van der Waals surface area contributed by atoms with Crippen molar-refractivity contribution in [3.63, 3.8) is 0 Å². The van der Waals surface area contributed by atoms with Crippen molar-refractivity contribution < 1.29 is 17.9 Å². The second-order valence-corrected chi connectivity index (χ2v) is 10.1. The van der Waals surface area contributed by atoms with Gasteiger partial charge in [-0.25, -0.2) is 8.42 Å². The Labute approximate surface area is 197 Å². The summed E-state index contributed by atoms with van der Waals surface area (Å²) in [5.41, 5.74) is 2.07. The number of nitrogens with one attached hydrogen (secondary N) is 1. The minimum absolute atomic E-state index is 0.0117. The van der Waals surface area contributed by atoms with E-state index in [0.717, 1.165) is 19.9 Å². The summed E-state index contributed by atoms with van der Waals surface area (Å²) in [5, 5.41) is 2.89. The number of methoxy groups -OCH3 is 1. The Morgan fingerprint density at radius 1 is 1.06 bits per heavy atom. The van der Waals surface area contributed by atoms with Crippen LogP contribution in [0.3, 0.4) is 0 Å². The maximum Gasteiger partial charge on any atom is 0.268 e. The molecule has 8 heteroatoms. The van der Waals surface area contributed by atoms with Crippen molar-refractivity contribution >= 4 is 37.5 Å². The van der Waals surface area contributed by atoms with Crippen LogP contribution in [0.2, 0.25) is 0 Å². The van der Waals surface area contributed by atoms with Gasteiger partial charge in [0.25, 0.3) is 10.0 Å². The number of halogens is 1. The van der Waals surface area contributed by atoms with Crippen LogP contribution in [0.5, 0.6) is 5.75 Å². The molecule has 6 nitrogen and oxygen atoms in total. The number of carbonyl (C=O) groups excluding carboxylic acids is 1. The number of amides is 1. The van der Waals surface area contributed by atoms with Crippen LogP contribution in [0.15, 0.2) is 82.2 Å². The molecule has 0 spiro atoms. The summed E-state index contributed by atoms with van der Waals surface area (Å²) in [6, 6.07) is 20.8. The largest absolute Gasteiger partial charge is 0.495 e. The number of carbonyl (C=O) groups is 1. The molecule has 0 aliphatic rings. The Kier molecular flexibility index (Phi) is 7.58. The van der Waals surface area contributed by atoms with Gasteiger partial charge in [-0.2, -0.15) is 0 Å². The van der Waals surface area contributed by atoms with E-state index in [1.165, 1.54) is 7.11 Å². The molecule has 0 aliphatic heterocycles. The third kappa shape index (κ3) is 5.49. The zero-order chi connectivity index (χ0) is 23.3. The van der Waals surface area contributed by atoms with Gasteiger partial charge in [0.1, 0.15) is 17.2 Å². The van der Waals surface area contributed by atoms with E-state index in [1.807, 2.05) is 31.2 Å². The van der Waals surface area contributed by atoms with Crippen molar-refractivity contribution in [1.29, 1.82) is 0 Å². The van der Waals surface area contributed by atoms with Gasteiger partial charge >= 0.3 is 0 Å². The molecule has 1 unspecified atom stereocenters. The molecule has 1 N–H and O–H groups in total. The maximum absolute atomic E-state index is 13.7. The molecule has 3 aromatic carbocycles. The van der Waals surface area contributed by atoms with E-state index in [9.17, 15) is 13.2 Å². The molecule has 0 saturated carbocycles. The SMILES string of the molecule is COc1ccc(C)cc1S(=O)(=O)N(CC(=O)NC(C)c1ccc(Br)cc1)c1ccccc1. The highest BCUT2D eigenvalue weighted by Gasteiger charge is 2.30. The highest BCUT2D eigenvalue weighted by molar-refractivity contribution is 9.10. The van der Waals surface area contributed by atoms with Crippen LogP contribution < -0.4 is 14.4 Å². The van der Waals surface area contributed by atoms with Gasteiger partial charge in [0.05, 0.1) is 18.8 Å². The molecule has 0 bridgehead atoms. The summed E-state index contributed by atoms with van der Waals surface area (Å²) < 4.78 is 34.7. The van der Waals surface area contributed by atoms with Crippen molar-refractivity contribution in [1.82, 2.24) is 5.32 Å². The van der Waals surface area contributed by atoms with E-state index in [4.69, 9.17) is 4.74 Å². The first-order valence-electron chi connectivity index (χ1n) is 9.99. The number of sulfonamides is 1. The van der Waals surface area contributed by atoms with E-state index in [-0.39, 0.29) is 23.2 Å². The van der Waals surface area contributed by atoms with E-state index in [2.05, 4.69) is 21.2 Å². The van der Waals surface area contributed by atoms with Crippen LogP contribution in [0.1, 0.15) is 24.1 Å². The van der Waals surface area contributed by atoms with Crippen LogP contribution in [0, 0.1) is 6.92 Å². The number of hydrogen-bond acceptors (Lipinski definition) is 4. The van der Waals surface area contributed by atoms with Crippen LogP contribution >= 0.6 is 15.9 Å². The lowest BCUT2D eigenvalue weighted by molar-refractivity contribution is -0.120. The van der Waals surface area contributed by atoms with Gasteiger partial charge in [0.2, 0.25) is 5.91 Å². The normalized spacial score (nSPS) is 12.1. The van der Waals surface area contributed by atoms with Crippen molar-refractivity contribution in [2.24, 2.45) is 0 Å². The van der Waals surface area contributed by atoms with Gasteiger partial charge in [0.15, 0.2) is 0 Å². The van der Waals surface area contributed by atoms with Crippen molar-refractivity contribution in [3.05, 3.63) is 88.4 Å². The first kappa shape index (κ1) is 23.8. The van der Waals surface area contributed by atoms with Crippen LogP contribution in [0.25, 0.3) is 0 Å². The minimum atomic E-state index is -4.08. The lowest BCUT2D eigenvalue weighted by Crippen LogP contribution is -2.41. The van der Waals surface area contributed by atoms with Gasteiger partial charge in [0, 0.05) is 4.47 Å². The summed E-state index contributed by atoms with van der Waals surface area (Å²) >= 11 is 3.39. The number of ether oxygens (including phenoxy) is 1. The quantitative estimate of drug-likeness (QED) is 0.464. The van der Waals surface area contributed by atoms with Gasteiger partial charge in [-0.15, -0.1) is 0 Å². The molecule has 3 rings (SSSR count). The Balaban J connectivity index is 1.93. The number of aryl methyl sites for hydroxylation is 1. The van der Waals surface area contributed by atoms with E-state index in [1.54, 1.807) is 55.5 Å². The van der Waals surface area contributed by atoms with Crippen LogP contribution in [-0.4, -0.2) is 28.0 Å². The Hall–Kier alpha value is -2.84. The predicted octanol–water partition coefficient (Wildman–Crippen LogP) is 4.84. The number of benzene rings is 3.